The Morgan fingerprint density at radius 3 is 2.19 bits per heavy atom. The van der Waals surface area contributed by atoms with Gasteiger partial charge in [-0.15, -0.1) is 0 Å². The van der Waals surface area contributed by atoms with Gasteiger partial charge in [0.15, 0.2) is 5.96 Å². The highest BCUT2D eigenvalue weighted by molar-refractivity contribution is 5.79. The van der Waals surface area contributed by atoms with Crippen molar-refractivity contribution < 1.29 is 5.11 Å². The molecule has 0 rings (SSSR count). The van der Waals surface area contributed by atoms with Gasteiger partial charge in [-0.2, -0.15) is 0 Å². The van der Waals surface area contributed by atoms with Gasteiger partial charge in [0.25, 0.3) is 0 Å². The molecule has 0 aliphatic rings. The molecule has 21 heavy (non-hydrogen) atoms. The van der Waals surface area contributed by atoms with Crippen LogP contribution in [0.4, 0.5) is 0 Å². The zero-order chi connectivity index (χ0) is 16.1. The average Bonchev–Trinajstić information content (AvgIpc) is 2.45. The number of guanidine groups is 1. The predicted molar refractivity (Wildman–Crippen MR) is 92.7 cm³/mol. The molecule has 0 amide bonds. The standard InChI is InChI=1S/C17H37N3O/c1-6-15(7-2)12-19-17(18-8-3)20-13-16(9-10-21)11-14(4)5/h14-16,21H,6-13H2,1-5H3,(H2,18,19,20). The van der Waals surface area contributed by atoms with E-state index in [9.17, 15) is 5.11 Å². The third-order valence-electron chi connectivity index (χ3n) is 3.91. The molecule has 0 aromatic carbocycles. The Morgan fingerprint density at radius 2 is 1.71 bits per heavy atom. The molecule has 0 saturated carbocycles. The monoisotopic (exact) mass is 299 g/mol. The minimum absolute atomic E-state index is 0.255. The van der Waals surface area contributed by atoms with Crippen molar-refractivity contribution in [2.45, 2.75) is 60.3 Å². The van der Waals surface area contributed by atoms with Crippen molar-refractivity contribution in [3.63, 3.8) is 0 Å². The highest BCUT2D eigenvalue weighted by Gasteiger charge is 2.11. The number of aliphatic imine (C=N–C) groups is 1. The van der Waals surface area contributed by atoms with Crippen molar-refractivity contribution in [3.05, 3.63) is 0 Å². The minimum atomic E-state index is 0.255. The van der Waals surface area contributed by atoms with Crippen LogP contribution in [0.1, 0.15) is 60.3 Å². The second-order valence-corrected chi connectivity index (χ2v) is 6.29. The summed E-state index contributed by atoms with van der Waals surface area (Å²) in [5.74, 6) is 2.74. The van der Waals surface area contributed by atoms with E-state index in [0.717, 1.165) is 38.4 Å². The van der Waals surface area contributed by atoms with Crippen LogP contribution in [0.5, 0.6) is 0 Å². The van der Waals surface area contributed by atoms with Crippen LogP contribution in [0.3, 0.4) is 0 Å². The van der Waals surface area contributed by atoms with Crippen LogP contribution < -0.4 is 10.6 Å². The summed E-state index contributed by atoms with van der Waals surface area (Å²) in [5, 5.41) is 15.9. The van der Waals surface area contributed by atoms with Gasteiger partial charge < -0.3 is 15.7 Å². The number of rotatable bonds is 11. The smallest absolute Gasteiger partial charge is 0.191 e. The first kappa shape index (κ1) is 20.2. The molecule has 0 bridgehead atoms. The first-order valence-corrected chi connectivity index (χ1v) is 8.70. The van der Waals surface area contributed by atoms with Gasteiger partial charge in [-0.05, 0) is 37.5 Å². The van der Waals surface area contributed by atoms with Gasteiger partial charge in [0.05, 0.1) is 0 Å². The Labute approximate surface area is 131 Å². The molecule has 3 N–H and O–H groups in total. The molecule has 4 heteroatoms. The number of aliphatic hydroxyl groups is 1. The highest BCUT2D eigenvalue weighted by Crippen LogP contribution is 2.15. The molecule has 0 aliphatic carbocycles. The maximum absolute atomic E-state index is 9.18. The molecule has 0 saturated heterocycles. The van der Waals surface area contributed by atoms with E-state index >= 15 is 0 Å². The third kappa shape index (κ3) is 10.6. The quantitative estimate of drug-likeness (QED) is 0.406. The normalized spacial score (nSPS) is 13.8. The predicted octanol–water partition coefficient (Wildman–Crippen LogP) is 3.02. The fourth-order valence-electron chi connectivity index (χ4n) is 2.51. The van der Waals surface area contributed by atoms with Gasteiger partial charge in [0.1, 0.15) is 0 Å². The largest absolute Gasteiger partial charge is 0.396 e. The summed E-state index contributed by atoms with van der Waals surface area (Å²) >= 11 is 0. The average molecular weight is 300 g/mol. The summed E-state index contributed by atoms with van der Waals surface area (Å²) in [5.41, 5.74) is 0. The SMILES string of the molecule is CCNC(=NCC(CCO)CC(C)C)NCC(CC)CC. The van der Waals surface area contributed by atoms with E-state index < -0.39 is 0 Å². The third-order valence-corrected chi connectivity index (χ3v) is 3.91. The molecule has 4 nitrogen and oxygen atoms in total. The van der Waals surface area contributed by atoms with Crippen molar-refractivity contribution in [2.75, 3.05) is 26.2 Å². The molecule has 0 spiro atoms. The lowest BCUT2D eigenvalue weighted by Gasteiger charge is -2.19. The number of nitrogens with zero attached hydrogens (tertiary/aromatic N) is 1. The number of aliphatic hydroxyl groups excluding tert-OH is 1. The maximum atomic E-state index is 9.18. The fourth-order valence-corrected chi connectivity index (χ4v) is 2.51. The minimum Gasteiger partial charge on any atom is -0.396 e. The summed E-state index contributed by atoms with van der Waals surface area (Å²) in [6, 6.07) is 0. The zero-order valence-electron chi connectivity index (χ0n) is 14.8. The summed E-state index contributed by atoms with van der Waals surface area (Å²) in [6.07, 6.45) is 4.36. The Hall–Kier alpha value is -0.770. The van der Waals surface area contributed by atoms with Crippen LogP contribution in [-0.2, 0) is 0 Å². The molecule has 0 aromatic rings. The van der Waals surface area contributed by atoms with Crippen LogP contribution in [-0.4, -0.2) is 37.3 Å². The van der Waals surface area contributed by atoms with Crippen molar-refractivity contribution in [1.29, 1.82) is 0 Å². The van der Waals surface area contributed by atoms with Crippen LogP contribution in [0.25, 0.3) is 0 Å². The second kappa shape index (κ2) is 12.9. The van der Waals surface area contributed by atoms with E-state index in [0.29, 0.717) is 17.8 Å². The topological polar surface area (TPSA) is 56.7 Å². The Kier molecular flexibility index (Phi) is 12.5. The van der Waals surface area contributed by atoms with Crippen molar-refractivity contribution in [3.8, 4) is 0 Å². The molecule has 0 heterocycles. The number of nitrogens with one attached hydrogen (secondary N) is 2. The summed E-state index contributed by atoms with van der Waals surface area (Å²) in [4.78, 5) is 4.71. The van der Waals surface area contributed by atoms with Crippen LogP contribution >= 0.6 is 0 Å². The lowest BCUT2D eigenvalue weighted by molar-refractivity contribution is 0.245. The Bertz CT molecular complexity index is 263. The lowest BCUT2D eigenvalue weighted by atomic mass is 9.94. The van der Waals surface area contributed by atoms with Crippen molar-refractivity contribution in [1.82, 2.24) is 10.6 Å². The molecule has 1 atom stereocenters. The Balaban J connectivity index is 4.45. The first-order chi connectivity index (χ1) is 10.1. The molecule has 0 radical (unpaired) electrons. The van der Waals surface area contributed by atoms with Gasteiger partial charge in [-0.25, -0.2) is 0 Å². The summed E-state index contributed by atoms with van der Waals surface area (Å²) < 4.78 is 0. The molecule has 0 aliphatic heterocycles. The first-order valence-electron chi connectivity index (χ1n) is 8.70. The van der Waals surface area contributed by atoms with Gasteiger partial charge in [0, 0.05) is 26.2 Å². The highest BCUT2D eigenvalue weighted by atomic mass is 16.3. The van der Waals surface area contributed by atoms with Gasteiger partial charge in [-0.3, -0.25) is 4.99 Å². The molecule has 126 valence electrons. The van der Waals surface area contributed by atoms with Crippen LogP contribution in [0, 0.1) is 17.8 Å². The van der Waals surface area contributed by atoms with Gasteiger partial charge in [-0.1, -0.05) is 40.5 Å². The van der Waals surface area contributed by atoms with Gasteiger partial charge in [0.2, 0.25) is 0 Å². The molecule has 0 fully saturated rings. The molecular formula is C17H37N3O. The van der Waals surface area contributed by atoms with E-state index in [4.69, 9.17) is 4.99 Å². The van der Waals surface area contributed by atoms with E-state index in [1.165, 1.54) is 12.8 Å². The maximum Gasteiger partial charge on any atom is 0.191 e. The van der Waals surface area contributed by atoms with Crippen molar-refractivity contribution in [2.24, 2.45) is 22.7 Å². The van der Waals surface area contributed by atoms with E-state index in [1.807, 2.05) is 0 Å². The molecular weight excluding hydrogens is 262 g/mol. The van der Waals surface area contributed by atoms with E-state index in [1.54, 1.807) is 0 Å². The number of hydrogen-bond donors (Lipinski definition) is 3. The van der Waals surface area contributed by atoms with Gasteiger partial charge >= 0.3 is 0 Å². The van der Waals surface area contributed by atoms with Crippen LogP contribution in [0.15, 0.2) is 4.99 Å². The van der Waals surface area contributed by atoms with Crippen molar-refractivity contribution >= 4 is 5.96 Å². The molecule has 1 unspecified atom stereocenters. The summed E-state index contributed by atoms with van der Waals surface area (Å²) in [6.45, 7) is 13.9. The van der Waals surface area contributed by atoms with E-state index in [-0.39, 0.29) is 6.61 Å². The zero-order valence-corrected chi connectivity index (χ0v) is 14.8. The van der Waals surface area contributed by atoms with E-state index in [2.05, 4.69) is 45.3 Å². The summed E-state index contributed by atoms with van der Waals surface area (Å²) in [7, 11) is 0. The lowest BCUT2D eigenvalue weighted by Crippen LogP contribution is -2.40. The fraction of sp³-hybridized carbons (Fsp3) is 0.941. The number of hydrogen-bond acceptors (Lipinski definition) is 2. The Morgan fingerprint density at radius 1 is 1.05 bits per heavy atom. The molecule has 0 aromatic heterocycles. The van der Waals surface area contributed by atoms with Crippen LogP contribution in [0.2, 0.25) is 0 Å². The second-order valence-electron chi connectivity index (χ2n) is 6.29.